The maximum absolute atomic E-state index is 12.6. The van der Waals surface area contributed by atoms with Gasteiger partial charge >= 0.3 is 5.91 Å². The number of halogens is 1. The predicted molar refractivity (Wildman–Crippen MR) is 159 cm³/mol. The number of amides is 1. The van der Waals surface area contributed by atoms with Crippen LogP contribution in [-0.4, -0.2) is 29.4 Å². The van der Waals surface area contributed by atoms with Gasteiger partial charge in [-0.05, 0) is 116 Å². The molecule has 0 aliphatic carbocycles. The minimum Gasteiger partial charge on any atom is -0.490 e. The van der Waals surface area contributed by atoms with Crippen LogP contribution in [0.5, 0.6) is 17.2 Å². The van der Waals surface area contributed by atoms with Crippen LogP contribution in [0.3, 0.4) is 0 Å². The van der Waals surface area contributed by atoms with Gasteiger partial charge in [0.1, 0.15) is 18.1 Å². The number of carbonyl (C=O) groups is 1. The number of nitrogens with one attached hydrogen (secondary N) is 1. The van der Waals surface area contributed by atoms with E-state index in [1.165, 1.54) is 17.6 Å². The average Bonchev–Trinajstić information content (AvgIpc) is 3.56. The van der Waals surface area contributed by atoms with Crippen LogP contribution < -0.4 is 19.6 Å². The van der Waals surface area contributed by atoms with Crippen molar-refractivity contribution in [2.45, 2.75) is 53.8 Å². The summed E-state index contributed by atoms with van der Waals surface area (Å²) in [6.07, 6.45) is 2.45. The third-order valence-corrected chi connectivity index (χ3v) is 6.83. The molecule has 0 unspecified atom stereocenters. The maximum atomic E-state index is 12.6. The van der Waals surface area contributed by atoms with Crippen molar-refractivity contribution in [2.75, 3.05) is 6.61 Å². The number of aryl methyl sites for hydroxylation is 2. The molecule has 0 saturated heterocycles. The molecule has 0 radical (unpaired) electrons. The Balaban J connectivity index is 1.33. The molecule has 40 heavy (non-hydrogen) atoms. The standard InChI is InChI=1S/C31H34BrN3O5/c1-6-22(5)39-30-27(32)16-23(17-29(30)37-7-2)18-33-34-31(36)28-15-14-26(40-28)19-38-25-12-10-24(11-13-25)35-20(3)8-9-21(35)4/h8-18,22H,6-7,19H2,1-5H3,(H,34,36)/b33-18+/t22-/m1/s1. The van der Waals surface area contributed by atoms with Crippen LogP contribution in [0.4, 0.5) is 0 Å². The summed E-state index contributed by atoms with van der Waals surface area (Å²) in [5.41, 5.74) is 6.64. The van der Waals surface area contributed by atoms with E-state index in [2.05, 4.69) is 63.9 Å². The molecule has 2 aromatic carbocycles. The first-order chi connectivity index (χ1) is 19.3. The molecule has 0 bridgehead atoms. The molecule has 2 aromatic heterocycles. The molecule has 0 fully saturated rings. The first-order valence-corrected chi connectivity index (χ1v) is 14.0. The molecule has 0 spiro atoms. The van der Waals surface area contributed by atoms with Crippen molar-refractivity contribution in [1.82, 2.24) is 9.99 Å². The second kappa shape index (κ2) is 13.4. The van der Waals surface area contributed by atoms with Crippen molar-refractivity contribution in [2.24, 2.45) is 5.10 Å². The zero-order chi connectivity index (χ0) is 28.6. The van der Waals surface area contributed by atoms with E-state index < -0.39 is 5.91 Å². The summed E-state index contributed by atoms with van der Waals surface area (Å²) >= 11 is 3.55. The average molecular weight is 609 g/mol. The van der Waals surface area contributed by atoms with Gasteiger partial charge in [0.25, 0.3) is 0 Å². The molecule has 210 valence electrons. The minimum absolute atomic E-state index is 0.0437. The van der Waals surface area contributed by atoms with Gasteiger partial charge in [0.15, 0.2) is 17.3 Å². The molecule has 1 amide bonds. The fraction of sp³-hybridized carbons (Fsp3) is 0.290. The Labute approximate surface area is 243 Å². The lowest BCUT2D eigenvalue weighted by Crippen LogP contribution is -2.16. The van der Waals surface area contributed by atoms with Crippen LogP contribution in [0.2, 0.25) is 0 Å². The van der Waals surface area contributed by atoms with Gasteiger partial charge in [-0.1, -0.05) is 6.92 Å². The summed E-state index contributed by atoms with van der Waals surface area (Å²) < 4.78 is 26.2. The SMILES string of the molecule is CCOc1cc(/C=N/NC(=O)c2ccc(COc3ccc(-n4c(C)ccc4C)cc3)o2)cc(Br)c1O[C@H](C)CC. The van der Waals surface area contributed by atoms with E-state index in [1.807, 2.05) is 50.2 Å². The summed E-state index contributed by atoms with van der Waals surface area (Å²) in [7, 11) is 0. The number of nitrogens with zero attached hydrogens (tertiary/aromatic N) is 2. The zero-order valence-corrected chi connectivity index (χ0v) is 24.9. The van der Waals surface area contributed by atoms with E-state index in [0.29, 0.717) is 29.6 Å². The summed E-state index contributed by atoms with van der Waals surface area (Å²) in [6, 6.07) is 19.0. The van der Waals surface area contributed by atoms with Crippen molar-refractivity contribution in [3.05, 3.63) is 93.6 Å². The highest BCUT2D eigenvalue weighted by Crippen LogP contribution is 2.37. The van der Waals surface area contributed by atoms with Crippen LogP contribution in [0.25, 0.3) is 5.69 Å². The van der Waals surface area contributed by atoms with E-state index in [4.69, 9.17) is 18.6 Å². The fourth-order valence-electron chi connectivity index (χ4n) is 4.04. The van der Waals surface area contributed by atoms with Gasteiger partial charge in [0.2, 0.25) is 0 Å². The van der Waals surface area contributed by atoms with Crippen molar-refractivity contribution < 1.29 is 23.4 Å². The molecular formula is C31H34BrN3O5. The zero-order valence-electron chi connectivity index (χ0n) is 23.4. The molecule has 1 atom stereocenters. The Hall–Kier alpha value is -3.98. The molecule has 1 N–H and O–H groups in total. The summed E-state index contributed by atoms with van der Waals surface area (Å²) in [5.74, 6) is 2.15. The third-order valence-electron chi connectivity index (χ3n) is 6.24. The lowest BCUT2D eigenvalue weighted by atomic mass is 10.2. The van der Waals surface area contributed by atoms with Gasteiger partial charge in [-0.2, -0.15) is 5.10 Å². The third kappa shape index (κ3) is 7.15. The molecule has 0 saturated carbocycles. The molecule has 4 aromatic rings. The van der Waals surface area contributed by atoms with Crippen molar-refractivity contribution in [3.63, 3.8) is 0 Å². The van der Waals surface area contributed by atoms with Crippen LogP contribution in [0, 0.1) is 13.8 Å². The normalized spacial score (nSPS) is 11.9. The maximum Gasteiger partial charge on any atom is 0.307 e. The number of furan rings is 1. The number of hydrogen-bond acceptors (Lipinski definition) is 6. The Bertz CT molecular complexity index is 1450. The number of ether oxygens (including phenoxy) is 3. The van der Waals surface area contributed by atoms with Crippen molar-refractivity contribution >= 4 is 28.1 Å². The lowest BCUT2D eigenvalue weighted by Gasteiger charge is -2.18. The molecule has 0 aliphatic rings. The van der Waals surface area contributed by atoms with Gasteiger partial charge in [-0.15, -0.1) is 0 Å². The molecule has 4 rings (SSSR count). The van der Waals surface area contributed by atoms with E-state index in [1.54, 1.807) is 12.1 Å². The quantitative estimate of drug-likeness (QED) is 0.134. The van der Waals surface area contributed by atoms with Gasteiger partial charge < -0.3 is 23.2 Å². The van der Waals surface area contributed by atoms with Crippen molar-refractivity contribution in [1.29, 1.82) is 0 Å². The second-order valence-electron chi connectivity index (χ2n) is 9.30. The number of benzene rings is 2. The van der Waals surface area contributed by atoms with Crippen LogP contribution in [0.15, 0.2) is 74.7 Å². The highest BCUT2D eigenvalue weighted by atomic mass is 79.9. The second-order valence-corrected chi connectivity index (χ2v) is 10.2. The number of hydrazone groups is 1. The van der Waals surface area contributed by atoms with E-state index in [-0.39, 0.29) is 18.5 Å². The first kappa shape index (κ1) is 29.0. The van der Waals surface area contributed by atoms with Gasteiger partial charge in [0, 0.05) is 17.1 Å². The van der Waals surface area contributed by atoms with E-state index in [0.717, 1.165) is 22.1 Å². The molecular weight excluding hydrogens is 574 g/mol. The van der Waals surface area contributed by atoms with Crippen LogP contribution >= 0.6 is 15.9 Å². The molecule has 0 aliphatic heterocycles. The number of aromatic nitrogens is 1. The highest BCUT2D eigenvalue weighted by molar-refractivity contribution is 9.10. The van der Waals surface area contributed by atoms with Gasteiger partial charge in [-0.25, -0.2) is 5.43 Å². The van der Waals surface area contributed by atoms with Gasteiger partial charge in [0.05, 0.1) is 23.4 Å². The Kier molecular flexibility index (Phi) is 9.71. The highest BCUT2D eigenvalue weighted by Gasteiger charge is 2.15. The Morgan fingerprint density at radius 2 is 1.77 bits per heavy atom. The number of hydrogen-bond donors (Lipinski definition) is 1. The van der Waals surface area contributed by atoms with E-state index in [9.17, 15) is 4.79 Å². The lowest BCUT2D eigenvalue weighted by molar-refractivity contribution is 0.0923. The topological polar surface area (TPSA) is 87.2 Å². The Morgan fingerprint density at radius 3 is 2.45 bits per heavy atom. The monoisotopic (exact) mass is 607 g/mol. The first-order valence-electron chi connectivity index (χ1n) is 13.2. The van der Waals surface area contributed by atoms with Crippen LogP contribution in [-0.2, 0) is 6.61 Å². The Morgan fingerprint density at radius 1 is 1.05 bits per heavy atom. The molecule has 8 nitrogen and oxygen atoms in total. The smallest absolute Gasteiger partial charge is 0.307 e. The van der Waals surface area contributed by atoms with Gasteiger partial charge in [-0.3, -0.25) is 4.79 Å². The molecule has 2 heterocycles. The minimum atomic E-state index is -0.467. The fourth-order valence-corrected chi connectivity index (χ4v) is 4.60. The van der Waals surface area contributed by atoms with Crippen molar-refractivity contribution in [3.8, 4) is 22.9 Å². The largest absolute Gasteiger partial charge is 0.490 e. The number of rotatable bonds is 12. The number of carbonyl (C=O) groups excluding carboxylic acids is 1. The summed E-state index contributed by atoms with van der Waals surface area (Å²) in [6.45, 7) is 10.8. The predicted octanol–water partition coefficient (Wildman–Crippen LogP) is 7.37. The van der Waals surface area contributed by atoms with Crippen LogP contribution in [0.1, 0.15) is 60.5 Å². The summed E-state index contributed by atoms with van der Waals surface area (Å²) in [4.78, 5) is 12.6. The summed E-state index contributed by atoms with van der Waals surface area (Å²) in [5, 5.41) is 4.08. The molecule has 9 heteroatoms. The van der Waals surface area contributed by atoms with E-state index >= 15 is 0 Å².